The highest BCUT2D eigenvalue weighted by atomic mass is 35.5. The molecule has 1 saturated carbocycles. The molecule has 0 bridgehead atoms. The van der Waals surface area contributed by atoms with Gasteiger partial charge in [0.1, 0.15) is 0 Å². The lowest BCUT2D eigenvalue weighted by molar-refractivity contribution is 0.347. The van der Waals surface area contributed by atoms with Crippen LogP contribution in [0.5, 0.6) is 0 Å². The Kier molecular flexibility index (Phi) is 5.09. The summed E-state index contributed by atoms with van der Waals surface area (Å²) in [5, 5.41) is 3.83. The predicted molar refractivity (Wildman–Crippen MR) is 83.1 cm³/mol. The van der Waals surface area contributed by atoms with Crippen LogP contribution in [0, 0.1) is 0 Å². The second-order valence-electron chi connectivity index (χ2n) is 5.58. The van der Waals surface area contributed by atoms with Crippen LogP contribution in [0.2, 0.25) is 0 Å². The largest absolute Gasteiger partial charge is 0.339 e. The van der Waals surface area contributed by atoms with Gasteiger partial charge in [0.05, 0.1) is 18.4 Å². The van der Waals surface area contributed by atoms with Gasteiger partial charge in [0.15, 0.2) is 10.9 Å². The zero-order chi connectivity index (χ0) is 15.8. The maximum absolute atomic E-state index is 12.0. The highest BCUT2D eigenvalue weighted by Crippen LogP contribution is 2.34. The van der Waals surface area contributed by atoms with Crippen LogP contribution < -0.4 is 10.5 Å². The van der Waals surface area contributed by atoms with E-state index in [0.717, 1.165) is 25.7 Å². The third-order valence-corrected chi connectivity index (χ3v) is 5.06. The number of aromatic nitrogens is 4. The highest BCUT2D eigenvalue weighted by Gasteiger charge is 2.36. The summed E-state index contributed by atoms with van der Waals surface area (Å²) in [4.78, 5) is 8.02. The fraction of sp³-hybridized carbons (Fsp3) is 0.583. The van der Waals surface area contributed by atoms with E-state index in [2.05, 4.69) is 19.8 Å². The molecule has 2 aromatic heterocycles. The van der Waals surface area contributed by atoms with E-state index in [1.165, 1.54) is 12.5 Å². The van der Waals surface area contributed by atoms with Crippen LogP contribution in [0.25, 0.3) is 0 Å². The van der Waals surface area contributed by atoms with Crippen LogP contribution in [-0.4, -0.2) is 28.1 Å². The van der Waals surface area contributed by atoms with Crippen molar-refractivity contribution in [3.63, 3.8) is 0 Å². The van der Waals surface area contributed by atoms with Crippen molar-refractivity contribution in [3.05, 3.63) is 24.2 Å². The number of halogens is 1. The van der Waals surface area contributed by atoms with E-state index in [-0.39, 0.29) is 29.9 Å². The summed E-state index contributed by atoms with van der Waals surface area (Å²) in [7, 11) is -2.01. The molecule has 0 aliphatic heterocycles. The molecule has 2 heterocycles. The summed E-state index contributed by atoms with van der Waals surface area (Å²) >= 11 is 0. The van der Waals surface area contributed by atoms with Crippen LogP contribution in [0.3, 0.4) is 0 Å². The number of nitrogens with one attached hydrogen (secondary N) is 1. The van der Waals surface area contributed by atoms with Gasteiger partial charge in [0.2, 0.25) is 5.89 Å². The lowest BCUT2D eigenvalue weighted by atomic mass is 9.99. The van der Waals surface area contributed by atoms with Gasteiger partial charge >= 0.3 is 0 Å². The van der Waals surface area contributed by atoms with Gasteiger partial charge in [-0.2, -0.15) is 4.98 Å². The highest BCUT2D eigenvalue weighted by molar-refractivity contribution is 7.89. The molecule has 128 valence electrons. The van der Waals surface area contributed by atoms with Gasteiger partial charge in [-0.3, -0.25) is 0 Å². The molecule has 0 saturated heterocycles. The Morgan fingerprint density at radius 3 is 2.74 bits per heavy atom. The van der Waals surface area contributed by atoms with Crippen LogP contribution in [-0.2, 0) is 29.2 Å². The number of nitrogens with two attached hydrogens (primary N) is 1. The Morgan fingerprint density at radius 1 is 1.43 bits per heavy atom. The van der Waals surface area contributed by atoms with Crippen LogP contribution in [0.15, 0.2) is 22.1 Å². The molecular formula is C12H19ClN6O3S. The van der Waals surface area contributed by atoms with Crippen molar-refractivity contribution in [3.8, 4) is 0 Å². The molecule has 23 heavy (non-hydrogen) atoms. The van der Waals surface area contributed by atoms with Gasteiger partial charge in [-0.05, 0) is 12.8 Å². The summed E-state index contributed by atoms with van der Waals surface area (Å²) in [6.07, 6.45) is 6.52. The van der Waals surface area contributed by atoms with Crippen molar-refractivity contribution in [2.75, 3.05) is 0 Å². The molecule has 1 fully saturated rings. The number of sulfonamides is 1. The molecule has 0 aromatic carbocycles. The maximum Gasteiger partial charge on any atom is 0.260 e. The lowest BCUT2D eigenvalue weighted by Gasteiger charge is -2.17. The third-order valence-electron chi connectivity index (χ3n) is 3.78. The predicted octanol–water partition coefficient (Wildman–Crippen LogP) is 0.431. The molecule has 0 atom stereocenters. The summed E-state index contributed by atoms with van der Waals surface area (Å²) in [5.74, 6) is 0.628. The number of nitrogens with zero attached hydrogens (tertiary/aromatic N) is 4. The zero-order valence-corrected chi connectivity index (χ0v) is 14.2. The summed E-state index contributed by atoms with van der Waals surface area (Å²) in [6, 6.07) is 0. The van der Waals surface area contributed by atoms with Crippen LogP contribution >= 0.6 is 12.4 Å². The normalized spacial score (nSPS) is 17.1. The smallest absolute Gasteiger partial charge is 0.260 e. The minimum Gasteiger partial charge on any atom is -0.339 e. The Balaban J connectivity index is 0.00000192. The first-order chi connectivity index (χ1) is 10.4. The molecule has 0 unspecified atom stereocenters. The molecule has 0 amide bonds. The maximum atomic E-state index is 12.0. The molecule has 11 heteroatoms. The van der Waals surface area contributed by atoms with E-state index in [4.69, 9.17) is 10.3 Å². The van der Waals surface area contributed by atoms with E-state index in [1.54, 1.807) is 11.6 Å². The number of rotatable bonds is 5. The van der Waals surface area contributed by atoms with Gasteiger partial charge in [0, 0.05) is 13.2 Å². The minimum atomic E-state index is -3.70. The Labute approximate surface area is 140 Å². The molecule has 3 N–H and O–H groups in total. The molecule has 0 radical (unpaired) electrons. The van der Waals surface area contributed by atoms with E-state index < -0.39 is 15.6 Å². The summed E-state index contributed by atoms with van der Waals surface area (Å²) in [5.41, 5.74) is 5.68. The monoisotopic (exact) mass is 362 g/mol. The molecular weight excluding hydrogens is 344 g/mol. The topological polar surface area (TPSA) is 129 Å². The second kappa shape index (κ2) is 6.56. The summed E-state index contributed by atoms with van der Waals surface area (Å²) < 4.78 is 33.1. The van der Waals surface area contributed by atoms with Gasteiger partial charge in [-0.25, -0.2) is 18.1 Å². The SMILES string of the molecule is Cl.Cn1cnc(S(=O)(=O)NCc2nc(C3(N)CCCC3)no2)c1. The third kappa shape index (κ3) is 3.71. The van der Waals surface area contributed by atoms with Gasteiger partial charge in [-0.1, -0.05) is 18.0 Å². The lowest BCUT2D eigenvalue weighted by Crippen LogP contribution is -2.34. The van der Waals surface area contributed by atoms with Gasteiger partial charge < -0.3 is 14.8 Å². The van der Waals surface area contributed by atoms with E-state index in [1.807, 2.05) is 0 Å². The van der Waals surface area contributed by atoms with E-state index in [9.17, 15) is 8.42 Å². The molecule has 9 nitrogen and oxygen atoms in total. The van der Waals surface area contributed by atoms with Crippen LogP contribution in [0.1, 0.15) is 37.4 Å². The van der Waals surface area contributed by atoms with Crippen molar-refractivity contribution in [2.24, 2.45) is 12.8 Å². The molecule has 1 aliphatic rings. The number of imidazole rings is 1. The fourth-order valence-corrected chi connectivity index (χ4v) is 3.47. The first-order valence-corrected chi connectivity index (χ1v) is 8.47. The van der Waals surface area contributed by atoms with Crippen molar-refractivity contribution in [1.82, 2.24) is 24.4 Å². The quantitative estimate of drug-likeness (QED) is 0.788. The fourth-order valence-electron chi connectivity index (χ4n) is 2.52. The minimum absolute atomic E-state index is 0. The standard InChI is InChI=1S/C12H18N6O3S.ClH/c1-18-7-10(14-8-18)22(19,20)15-6-9-16-11(17-21-9)12(13)4-2-3-5-12;/h7-8,15H,2-6,13H2,1H3;1H. The molecule has 2 aromatic rings. The van der Waals surface area contributed by atoms with Crippen LogP contribution in [0.4, 0.5) is 0 Å². The van der Waals surface area contributed by atoms with Crippen molar-refractivity contribution < 1.29 is 12.9 Å². The average Bonchev–Trinajstić information content (AvgIpc) is 3.17. The average molecular weight is 363 g/mol. The van der Waals surface area contributed by atoms with Crippen molar-refractivity contribution >= 4 is 22.4 Å². The van der Waals surface area contributed by atoms with Crippen molar-refractivity contribution in [1.29, 1.82) is 0 Å². The Morgan fingerprint density at radius 2 is 2.13 bits per heavy atom. The number of hydrogen-bond acceptors (Lipinski definition) is 7. The molecule has 3 rings (SSSR count). The van der Waals surface area contributed by atoms with Gasteiger partial charge in [-0.15, -0.1) is 12.4 Å². The first kappa shape index (κ1) is 17.9. The number of hydrogen-bond donors (Lipinski definition) is 2. The Hall–Kier alpha value is -1.49. The first-order valence-electron chi connectivity index (χ1n) is 6.99. The molecule has 0 spiro atoms. The van der Waals surface area contributed by atoms with E-state index in [0.29, 0.717) is 5.82 Å². The molecule has 1 aliphatic carbocycles. The Bertz CT molecular complexity index is 765. The summed E-state index contributed by atoms with van der Waals surface area (Å²) in [6.45, 7) is -0.0953. The zero-order valence-electron chi connectivity index (χ0n) is 12.6. The van der Waals surface area contributed by atoms with Crippen molar-refractivity contribution in [2.45, 2.75) is 42.8 Å². The second-order valence-corrected chi connectivity index (χ2v) is 7.29. The van der Waals surface area contributed by atoms with Gasteiger partial charge in [0.25, 0.3) is 10.0 Å². The number of aryl methyl sites for hydroxylation is 1. The van der Waals surface area contributed by atoms with E-state index >= 15 is 0 Å².